The molecule has 0 bridgehead atoms. The van der Waals surface area contributed by atoms with Crippen molar-refractivity contribution in [1.29, 1.82) is 0 Å². The summed E-state index contributed by atoms with van der Waals surface area (Å²) < 4.78 is 25.2. The Hall–Kier alpha value is -2.34. The zero-order chi connectivity index (χ0) is 16.9. The molecule has 0 aromatic heterocycles. The van der Waals surface area contributed by atoms with E-state index < -0.39 is 10.0 Å². The fraction of sp³-hybridized carbons (Fsp3) is 0.235. The maximum atomic E-state index is 12.0. The largest absolute Gasteiger partial charge is 0.326 e. The van der Waals surface area contributed by atoms with E-state index in [-0.39, 0.29) is 18.9 Å². The van der Waals surface area contributed by atoms with Gasteiger partial charge in [0.05, 0.1) is 11.9 Å². The molecule has 1 N–H and O–H groups in total. The summed E-state index contributed by atoms with van der Waals surface area (Å²) in [7, 11) is -3.45. The molecule has 0 aliphatic heterocycles. The number of sulfonamides is 1. The van der Waals surface area contributed by atoms with E-state index in [9.17, 15) is 13.2 Å². The van der Waals surface area contributed by atoms with E-state index in [2.05, 4.69) is 5.32 Å². The van der Waals surface area contributed by atoms with E-state index in [1.54, 1.807) is 24.3 Å². The van der Waals surface area contributed by atoms with Gasteiger partial charge in [0.2, 0.25) is 15.9 Å². The maximum absolute atomic E-state index is 12.0. The topological polar surface area (TPSA) is 66.5 Å². The minimum absolute atomic E-state index is 0.0792. The first-order valence-corrected chi connectivity index (χ1v) is 9.10. The number of benzene rings is 2. The van der Waals surface area contributed by atoms with Crippen molar-refractivity contribution in [3.05, 3.63) is 60.2 Å². The maximum Gasteiger partial charge on any atom is 0.232 e. The summed E-state index contributed by atoms with van der Waals surface area (Å²) in [5, 5.41) is 2.75. The molecule has 0 aliphatic rings. The third kappa shape index (κ3) is 5.10. The summed E-state index contributed by atoms with van der Waals surface area (Å²) in [5.41, 5.74) is 2.30. The lowest BCUT2D eigenvalue weighted by Gasteiger charge is -2.22. The molecule has 0 atom stereocenters. The molecule has 2 aromatic carbocycles. The Balaban J connectivity index is 2.04. The van der Waals surface area contributed by atoms with Gasteiger partial charge in [-0.1, -0.05) is 35.9 Å². The SMILES string of the molecule is Cc1ccc(N(CCC(=O)Nc2ccccc2)S(C)(=O)=O)cc1. The molecule has 0 fully saturated rings. The lowest BCUT2D eigenvalue weighted by atomic mass is 10.2. The van der Waals surface area contributed by atoms with Crippen LogP contribution in [0.2, 0.25) is 0 Å². The molecule has 6 heteroatoms. The van der Waals surface area contributed by atoms with Gasteiger partial charge in [0.1, 0.15) is 0 Å². The molecule has 5 nitrogen and oxygen atoms in total. The highest BCUT2D eigenvalue weighted by atomic mass is 32.2. The van der Waals surface area contributed by atoms with E-state index >= 15 is 0 Å². The van der Waals surface area contributed by atoms with Crippen molar-refractivity contribution in [2.45, 2.75) is 13.3 Å². The first-order valence-electron chi connectivity index (χ1n) is 7.25. The Kier molecular flexibility index (Phi) is 5.39. The van der Waals surface area contributed by atoms with Crippen molar-refractivity contribution in [2.24, 2.45) is 0 Å². The second-order valence-electron chi connectivity index (χ2n) is 5.33. The van der Waals surface area contributed by atoms with Crippen LogP contribution in [-0.2, 0) is 14.8 Å². The summed E-state index contributed by atoms with van der Waals surface area (Å²) in [6, 6.07) is 16.2. The van der Waals surface area contributed by atoms with Gasteiger partial charge < -0.3 is 5.32 Å². The van der Waals surface area contributed by atoms with Crippen molar-refractivity contribution in [1.82, 2.24) is 0 Å². The molecule has 0 radical (unpaired) electrons. The molecule has 2 rings (SSSR count). The first kappa shape index (κ1) is 17.0. The quantitative estimate of drug-likeness (QED) is 0.884. The molecule has 0 saturated carbocycles. The average Bonchev–Trinajstić information content (AvgIpc) is 2.49. The van der Waals surface area contributed by atoms with Gasteiger partial charge >= 0.3 is 0 Å². The Bertz CT molecular complexity index is 756. The molecule has 122 valence electrons. The fourth-order valence-corrected chi connectivity index (χ4v) is 3.07. The fourth-order valence-electron chi connectivity index (χ4n) is 2.15. The van der Waals surface area contributed by atoms with Crippen LogP contribution in [0.15, 0.2) is 54.6 Å². The number of aryl methyl sites for hydroxylation is 1. The van der Waals surface area contributed by atoms with Crippen LogP contribution in [0.4, 0.5) is 11.4 Å². The lowest BCUT2D eigenvalue weighted by Crippen LogP contribution is -2.33. The summed E-state index contributed by atoms with van der Waals surface area (Å²) >= 11 is 0. The molecular weight excluding hydrogens is 312 g/mol. The van der Waals surface area contributed by atoms with Gasteiger partial charge in [0.15, 0.2) is 0 Å². The molecule has 0 heterocycles. The number of anilines is 2. The van der Waals surface area contributed by atoms with Crippen LogP contribution in [0.3, 0.4) is 0 Å². The standard InChI is InChI=1S/C17H20N2O3S/c1-14-8-10-16(11-9-14)19(23(2,21)22)13-12-17(20)18-15-6-4-3-5-7-15/h3-11H,12-13H2,1-2H3,(H,18,20). The van der Waals surface area contributed by atoms with Crippen molar-refractivity contribution >= 4 is 27.3 Å². The van der Waals surface area contributed by atoms with Gasteiger partial charge in [0, 0.05) is 18.7 Å². The molecule has 0 unspecified atom stereocenters. The van der Waals surface area contributed by atoms with E-state index in [1.807, 2.05) is 37.3 Å². The summed E-state index contributed by atoms with van der Waals surface area (Å²) in [6.45, 7) is 2.03. The number of hydrogen-bond acceptors (Lipinski definition) is 3. The summed E-state index contributed by atoms with van der Waals surface area (Å²) in [6.07, 6.45) is 1.22. The molecule has 0 aliphatic carbocycles. The Morgan fingerprint density at radius 1 is 1.04 bits per heavy atom. The van der Waals surface area contributed by atoms with E-state index in [0.29, 0.717) is 11.4 Å². The van der Waals surface area contributed by atoms with Crippen molar-refractivity contribution in [3.8, 4) is 0 Å². The summed E-state index contributed by atoms with van der Waals surface area (Å²) in [4.78, 5) is 12.0. The van der Waals surface area contributed by atoms with Crippen molar-refractivity contribution in [3.63, 3.8) is 0 Å². The highest BCUT2D eigenvalue weighted by molar-refractivity contribution is 7.92. The van der Waals surface area contributed by atoms with Crippen LogP contribution < -0.4 is 9.62 Å². The Morgan fingerprint density at radius 3 is 2.22 bits per heavy atom. The smallest absolute Gasteiger partial charge is 0.232 e. The minimum Gasteiger partial charge on any atom is -0.326 e. The number of carbonyl (C=O) groups is 1. The normalized spacial score (nSPS) is 11.0. The zero-order valence-electron chi connectivity index (χ0n) is 13.2. The number of nitrogens with zero attached hydrogens (tertiary/aromatic N) is 1. The van der Waals surface area contributed by atoms with Crippen LogP contribution in [-0.4, -0.2) is 27.1 Å². The van der Waals surface area contributed by atoms with Gasteiger partial charge in [-0.05, 0) is 31.2 Å². The van der Waals surface area contributed by atoms with Crippen LogP contribution in [0.25, 0.3) is 0 Å². The van der Waals surface area contributed by atoms with Gasteiger partial charge in [-0.2, -0.15) is 0 Å². The number of para-hydroxylation sites is 1. The van der Waals surface area contributed by atoms with Gasteiger partial charge in [-0.3, -0.25) is 9.10 Å². The highest BCUT2D eigenvalue weighted by Gasteiger charge is 2.18. The van der Waals surface area contributed by atoms with E-state index in [4.69, 9.17) is 0 Å². The summed E-state index contributed by atoms with van der Waals surface area (Å²) in [5.74, 6) is -0.225. The Morgan fingerprint density at radius 2 is 1.65 bits per heavy atom. The molecular formula is C17H20N2O3S. The van der Waals surface area contributed by atoms with Crippen LogP contribution in [0, 0.1) is 6.92 Å². The number of carbonyl (C=O) groups excluding carboxylic acids is 1. The second-order valence-corrected chi connectivity index (χ2v) is 7.24. The Labute approximate surface area is 137 Å². The van der Waals surface area contributed by atoms with Crippen LogP contribution in [0.5, 0.6) is 0 Å². The molecule has 1 amide bonds. The second kappa shape index (κ2) is 7.28. The van der Waals surface area contributed by atoms with Crippen molar-refractivity contribution in [2.75, 3.05) is 22.4 Å². The number of rotatable bonds is 6. The molecule has 0 spiro atoms. The number of amides is 1. The number of nitrogens with one attached hydrogen (secondary N) is 1. The molecule has 23 heavy (non-hydrogen) atoms. The van der Waals surface area contributed by atoms with Gasteiger partial charge in [0.25, 0.3) is 0 Å². The third-order valence-corrected chi connectivity index (χ3v) is 4.52. The highest BCUT2D eigenvalue weighted by Crippen LogP contribution is 2.18. The zero-order valence-corrected chi connectivity index (χ0v) is 14.0. The van der Waals surface area contributed by atoms with E-state index in [1.165, 1.54) is 4.31 Å². The third-order valence-electron chi connectivity index (χ3n) is 3.32. The average molecular weight is 332 g/mol. The monoisotopic (exact) mass is 332 g/mol. The lowest BCUT2D eigenvalue weighted by molar-refractivity contribution is -0.116. The predicted octanol–water partition coefficient (Wildman–Crippen LogP) is 2.79. The molecule has 2 aromatic rings. The van der Waals surface area contributed by atoms with Crippen molar-refractivity contribution < 1.29 is 13.2 Å². The molecule has 0 saturated heterocycles. The van der Waals surface area contributed by atoms with Gasteiger partial charge in [-0.25, -0.2) is 8.42 Å². The van der Waals surface area contributed by atoms with Gasteiger partial charge in [-0.15, -0.1) is 0 Å². The van der Waals surface area contributed by atoms with Crippen LogP contribution >= 0.6 is 0 Å². The van der Waals surface area contributed by atoms with Crippen LogP contribution in [0.1, 0.15) is 12.0 Å². The number of hydrogen-bond donors (Lipinski definition) is 1. The first-order chi connectivity index (χ1) is 10.9. The minimum atomic E-state index is -3.45. The van der Waals surface area contributed by atoms with E-state index in [0.717, 1.165) is 11.8 Å². The predicted molar refractivity (Wildman–Crippen MR) is 93.1 cm³/mol.